The summed E-state index contributed by atoms with van der Waals surface area (Å²) in [5, 5.41) is 0.157. The molecule has 0 spiro atoms. The molecule has 0 atom stereocenters. The Hall–Kier alpha value is -1.63. The van der Waals surface area contributed by atoms with E-state index in [1.54, 1.807) is 24.3 Å². The first-order chi connectivity index (χ1) is 9.03. The Labute approximate surface area is 116 Å². The molecule has 7 heteroatoms. The first-order valence-corrected chi connectivity index (χ1v) is 7.31. The maximum atomic E-state index is 12.2. The van der Waals surface area contributed by atoms with E-state index in [9.17, 15) is 8.42 Å². The van der Waals surface area contributed by atoms with Crippen molar-refractivity contribution in [2.75, 3.05) is 4.72 Å². The molecule has 0 aliphatic rings. The minimum Gasteiger partial charge on any atom is -0.326 e. The molecule has 1 aromatic carbocycles. The number of nitrogens with zero attached hydrogens (tertiary/aromatic N) is 1. The Morgan fingerprint density at radius 2 is 2.00 bits per heavy atom. The van der Waals surface area contributed by atoms with Gasteiger partial charge in [0.25, 0.3) is 10.0 Å². The summed E-state index contributed by atoms with van der Waals surface area (Å²) in [6.45, 7) is 0.309. The quantitative estimate of drug-likeness (QED) is 0.904. The monoisotopic (exact) mass is 297 g/mol. The van der Waals surface area contributed by atoms with Crippen molar-refractivity contribution in [3.05, 3.63) is 53.2 Å². The van der Waals surface area contributed by atoms with Gasteiger partial charge < -0.3 is 5.73 Å². The van der Waals surface area contributed by atoms with E-state index in [1.807, 2.05) is 0 Å². The van der Waals surface area contributed by atoms with Crippen LogP contribution in [0.1, 0.15) is 5.56 Å². The molecular weight excluding hydrogens is 286 g/mol. The van der Waals surface area contributed by atoms with Crippen LogP contribution in [0.25, 0.3) is 0 Å². The first kappa shape index (κ1) is 13.8. The molecule has 100 valence electrons. The van der Waals surface area contributed by atoms with E-state index < -0.39 is 10.0 Å². The maximum Gasteiger partial charge on any atom is 0.264 e. The maximum absolute atomic E-state index is 12.2. The molecule has 0 bridgehead atoms. The fourth-order valence-corrected chi connectivity index (χ4v) is 3.03. The third kappa shape index (κ3) is 3.23. The van der Waals surface area contributed by atoms with Crippen LogP contribution in [0.2, 0.25) is 5.02 Å². The molecule has 0 amide bonds. The van der Waals surface area contributed by atoms with Crippen LogP contribution in [-0.2, 0) is 16.6 Å². The van der Waals surface area contributed by atoms with Crippen molar-refractivity contribution in [1.29, 1.82) is 0 Å². The van der Waals surface area contributed by atoms with Crippen LogP contribution in [0, 0.1) is 0 Å². The van der Waals surface area contributed by atoms with Gasteiger partial charge >= 0.3 is 0 Å². The zero-order chi connectivity index (χ0) is 13.9. The average Bonchev–Trinajstić information content (AvgIpc) is 2.38. The number of hydrogen-bond acceptors (Lipinski definition) is 4. The Kier molecular flexibility index (Phi) is 4.04. The largest absolute Gasteiger partial charge is 0.326 e. The van der Waals surface area contributed by atoms with Crippen LogP contribution in [-0.4, -0.2) is 13.4 Å². The smallest absolute Gasteiger partial charge is 0.264 e. The summed E-state index contributed by atoms with van der Waals surface area (Å²) in [5.41, 5.74) is 6.28. The topological polar surface area (TPSA) is 85.1 Å². The number of hydrogen-bond donors (Lipinski definition) is 2. The highest BCUT2D eigenvalue weighted by molar-refractivity contribution is 7.92. The van der Waals surface area contributed by atoms with Gasteiger partial charge in [-0.2, -0.15) is 0 Å². The third-order valence-corrected chi connectivity index (χ3v) is 4.28. The molecule has 3 N–H and O–H groups in total. The second-order valence-electron chi connectivity index (χ2n) is 3.79. The highest BCUT2D eigenvalue weighted by Crippen LogP contribution is 2.22. The highest BCUT2D eigenvalue weighted by Gasteiger charge is 2.17. The van der Waals surface area contributed by atoms with E-state index in [4.69, 9.17) is 17.3 Å². The molecule has 0 aliphatic heterocycles. The predicted octanol–water partition coefficient (Wildman–Crippen LogP) is 1.99. The van der Waals surface area contributed by atoms with Crippen molar-refractivity contribution in [2.24, 2.45) is 5.73 Å². The number of halogens is 1. The summed E-state index contributed by atoms with van der Waals surface area (Å²) in [7, 11) is -3.75. The van der Waals surface area contributed by atoms with Gasteiger partial charge in [-0.1, -0.05) is 23.7 Å². The Balaban J connectivity index is 2.34. The Bertz CT molecular complexity index is 689. The van der Waals surface area contributed by atoms with Crippen LogP contribution in [0.4, 0.5) is 5.82 Å². The number of anilines is 1. The molecule has 0 radical (unpaired) electrons. The van der Waals surface area contributed by atoms with Gasteiger partial charge in [-0.25, -0.2) is 13.4 Å². The predicted molar refractivity (Wildman–Crippen MR) is 74.4 cm³/mol. The molecule has 2 aromatic rings. The average molecular weight is 298 g/mol. The lowest BCUT2D eigenvalue weighted by atomic mass is 10.3. The minimum atomic E-state index is -3.75. The molecule has 0 saturated heterocycles. The lowest BCUT2D eigenvalue weighted by Crippen LogP contribution is -2.14. The van der Waals surface area contributed by atoms with Crippen LogP contribution in [0.3, 0.4) is 0 Å². The fraction of sp³-hybridized carbons (Fsp3) is 0.0833. The van der Waals surface area contributed by atoms with Gasteiger partial charge in [-0.3, -0.25) is 4.72 Å². The van der Waals surface area contributed by atoms with Gasteiger partial charge in [-0.05, 0) is 29.8 Å². The van der Waals surface area contributed by atoms with Gasteiger partial charge in [0.2, 0.25) is 0 Å². The summed E-state index contributed by atoms with van der Waals surface area (Å²) in [6.07, 6.45) is 1.49. The van der Waals surface area contributed by atoms with Crippen LogP contribution in [0.15, 0.2) is 47.5 Å². The molecule has 1 heterocycles. The second-order valence-corrected chi connectivity index (χ2v) is 5.85. The molecule has 0 saturated carbocycles. The number of sulfonamides is 1. The number of benzene rings is 1. The zero-order valence-corrected chi connectivity index (χ0v) is 11.4. The number of nitrogens with two attached hydrogens (primary N) is 1. The molecule has 1 aromatic heterocycles. The van der Waals surface area contributed by atoms with Crippen molar-refractivity contribution in [2.45, 2.75) is 11.4 Å². The van der Waals surface area contributed by atoms with Crippen molar-refractivity contribution >= 4 is 27.4 Å². The van der Waals surface area contributed by atoms with Gasteiger partial charge in [-0.15, -0.1) is 0 Å². The minimum absolute atomic E-state index is 0.0108. The van der Waals surface area contributed by atoms with E-state index in [0.29, 0.717) is 6.54 Å². The summed E-state index contributed by atoms with van der Waals surface area (Å²) in [6, 6.07) is 9.50. The molecule has 0 aliphatic carbocycles. The van der Waals surface area contributed by atoms with Crippen molar-refractivity contribution in [1.82, 2.24) is 4.98 Å². The van der Waals surface area contributed by atoms with Crippen LogP contribution in [0.5, 0.6) is 0 Å². The van der Waals surface area contributed by atoms with Gasteiger partial charge in [0.15, 0.2) is 0 Å². The Morgan fingerprint density at radius 3 is 2.68 bits per heavy atom. The van der Waals surface area contributed by atoms with Gasteiger partial charge in [0.1, 0.15) is 10.7 Å². The van der Waals surface area contributed by atoms with E-state index in [2.05, 4.69) is 9.71 Å². The summed E-state index contributed by atoms with van der Waals surface area (Å²) in [5.74, 6) is 0.211. The molecular formula is C12H12ClN3O2S. The fourth-order valence-electron chi connectivity index (χ4n) is 1.51. The van der Waals surface area contributed by atoms with Crippen molar-refractivity contribution in [3.8, 4) is 0 Å². The molecule has 0 fully saturated rings. The number of nitrogens with one attached hydrogen (secondary N) is 1. The lowest BCUT2D eigenvalue weighted by molar-refractivity contribution is 0.601. The number of rotatable bonds is 4. The molecule has 19 heavy (non-hydrogen) atoms. The number of pyridine rings is 1. The SMILES string of the molecule is NCc1ccnc(NS(=O)(=O)c2ccccc2Cl)c1. The van der Waals surface area contributed by atoms with Crippen molar-refractivity contribution < 1.29 is 8.42 Å². The van der Waals surface area contributed by atoms with Gasteiger partial charge in [0.05, 0.1) is 5.02 Å². The van der Waals surface area contributed by atoms with E-state index in [1.165, 1.54) is 18.3 Å². The summed E-state index contributed by atoms with van der Waals surface area (Å²) < 4.78 is 26.7. The normalized spacial score (nSPS) is 11.3. The molecule has 5 nitrogen and oxygen atoms in total. The molecule has 0 unspecified atom stereocenters. The Morgan fingerprint density at radius 1 is 1.26 bits per heavy atom. The zero-order valence-electron chi connectivity index (χ0n) is 9.88. The van der Waals surface area contributed by atoms with Crippen molar-refractivity contribution in [3.63, 3.8) is 0 Å². The number of aromatic nitrogens is 1. The van der Waals surface area contributed by atoms with Crippen LogP contribution >= 0.6 is 11.6 Å². The van der Waals surface area contributed by atoms with E-state index >= 15 is 0 Å². The molecule has 2 rings (SSSR count). The lowest BCUT2D eigenvalue weighted by Gasteiger charge is -2.09. The first-order valence-electron chi connectivity index (χ1n) is 5.45. The van der Waals surface area contributed by atoms with E-state index in [0.717, 1.165) is 5.56 Å². The van der Waals surface area contributed by atoms with Crippen LogP contribution < -0.4 is 10.5 Å². The van der Waals surface area contributed by atoms with Gasteiger partial charge in [0, 0.05) is 12.7 Å². The highest BCUT2D eigenvalue weighted by atomic mass is 35.5. The van der Waals surface area contributed by atoms with E-state index in [-0.39, 0.29) is 15.7 Å². The summed E-state index contributed by atoms with van der Waals surface area (Å²) >= 11 is 5.87. The second kappa shape index (κ2) is 5.56. The standard InChI is InChI=1S/C12H12ClN3O2S/c13-10-3-1-2-4-11(10)19(17,18)16-12-7-9(8-14)5-6-15-12/h1-7H,8,14H2,(H,15,16). The third-order valence-electron chi connectivity index (χ3n) is 2.43. The summed E-state index contributed by atoms with van der Waals surface area (Å²) in [4.78, 5) is 3.95.